The molecule has 0 spiro atoms. The molecule has 7 nitrogen and oxygen atoms in total. The Morgan fingerprint density at radius 1 is 1.06 bits per heavy atom. The standard InChI is InChI=1S/C26H32ClN3O4/c1-17(2)16-28-25(32)23(29-24(31)20-5-4-6-22(15-20)34-3)18-11-13-30(14-12-18)26(33)19-7-9-21(27)10-8-19/h4-10,15,17-18,23H,11-14,16H2,1-3H3,(H,28,32)(H,29,31)/t23-/m1/s1. The minimum absolute atomic E-state index is 0.0589. The highest BCUT2D eigenvalue weighted by molar-refractivity contribution is 6.30. The monoisotopic (exact) mass is 485 g/mol. The van der Waals surface area contributed by atoms with Gasteiger partial charge in [-0.2, -0.15) is 0 Å². The Kier molecular flexibility index (Phi) is 8.93. The first-order valence-electron chi connectivity index (χ1n) is 11.6. The predicted octanol–water partition coefficient (Wildman–Crippen LogP) is 3.77. The summed E-state index contributed by atoms with van der Waals surface area (Å²) in [4.78, 5) is 40.7. The molecule has 8 heteroatoms. The fourth-order valence-corrected chi connectivity index (χ4v) is 4.14. The molecule has 2 N–H and O–H groups in total. The summed E-state index contributed by atoms with van der Waals surface area (Å²) in [6.07, 6.45) is 1.22. The van der Waals surface area contributed by atoms with Crippen molar-refractivity contribution in [2.24, 2.45) is 11.8 Å². The van der Waals surface area contributed by atoms with Gasteiger partial charge in [-0.15, -0.1) is 0 Å². The summed E-state index contributed by atoms with van der Waals surface area (Å²) in [6, 6.07) is 13.0. The highest BCUT2D eigenvalue weighted by Gasteiger charge is 2.34. The lowest BCUT2D eigenvalue weighted by Crippen LogP contribution is -2.54. The summed E-state index contributed by atoms with van der Waals surface area (Å²) in [5.41, 5.74) is 1.01. The van der Waals surface area contributed by atoms with Crippen LogP contribution in [0.15, 0.2) is 48.5 Å². The van der Waals surface area contributed by atoms with Gasteiger partial charge in [0.05, 0.1) is 7.11 Å². The van der Waals surface area contributed by atoms with Crippen LogP contribution >= 0.6 is 11.6 Å². The normalized spacial score (nSPS) is 15.0. The van der Waals surface area contributed by atoms with Crippen molar-refractivity contribution in [1.29, 1.82) is 0 Å². The molecule has 1 aliphatic rings. The highest BCUT2D eigenvalue weighted by Crippen LogP contribution is 2.24. The second-order valence-electron chi connectivity index (χ2n) is 8.96. The number of benzene rings is 2. The molecule has 3 amide bonds. The first-order chi connectivity index (χ1) is 16.3. The van der Waals surface area contributed by atoms with Gasteiger partial charge in [0, 0.05) is 35.8 Å². The zero-order chi connectivity index (χ0) is 24.7. The van der Waals surface area contributed by atoms with Gasteiger partial charge in [-0.1, -0.05) is 31.5 Å². The van der Waals surface area contributed by atoms with Crippen molar-refractivity contribution >= 4 is 29.3 Å². The predicted molar refractivity (Wildman–Crippen MR) is 132 cm³/mol. The van der Waals surface area contributed by atoms with Crippen molar-refractivity contribution in [3.8, 4) is 5.75 Å². The van der Waals surface area contributed by atoms with Crippen molar-refractivity contribution in [3.05, 3.63) is 64.7 Å². The lowest BCUT2D eigenvalue weighted by atomic mass is 9.88. The van der Waals surface area contributed by atoms with Crippen molar-refractivity contribution < 1.29 is 19.1 Å². The van der Waals surface area contributed by atoms with Gasteiger partial charge in [-0.05, 0) is 67.1 Å². The number of likely N-dealkylation sites (tertiary alicyclic amines) is 1. The fraction of sp³-hybridized carbons (Fsp3) is 0.423. The number of carbonyl (C=O) groups is 3. The van der Waals surface area contributed by atoms with E-state index >= 15 is 0 Å². The largest absolute Gasteiger partial charge is 0.497 e. The zero-order valence-electron chi connectivity index (χ0n) is 19.8. The number of hydrogen-bond acceptors (Lipinski definition) is 4. The van der Waals surface area contributed by atoms with E-state index in [1.807, 2.05) is 13.8 Å². The minimum Gasteiger partial charge on any atom is -0.497 e. The molecule has 0 unspecified atom stereocenters. The van der Waals surface area contributed by atoms with Gasteiger partial charge in [0.15, 0.2) is 0 Å². The lowest BCUT2D eigenvalue weighted by molar-refractivity contribution is -0.124. The number of amides is 3. The Labute approximate surface area is 205 Å². The number of methoxy groups -OCH3 is 1. The molecular formula is C26H32ClN3O4. The lowest BCUT2D eigenvalue weighted by Gasteiger charge is -2.36. The maximum atomic E-state index is 13.1. The smallest absolute Gasteiger partial charge is 0.253 e. The Bertz CT molecular complexity index is 1000. The number of nitrogens with zero attached hydrogens (tertiary/aromatic N) is 1. The molecule has 1 saturated heterocycles. The fourth-order valence-electron chi connectivity index (χ4n) is 4.01. The molecule has 0 saturated carbocycles. The maximum absolute atomic E-state index is 13.1. The van der Waals surface area contributed by atoms with Crippen molar-refractivity contribution in [2.75, 3.05) is 26.7 Å². The van der Waals surface area contributed by atoms with Crippen LogP contribution in [0.5, 0.6) is 5.75 Å². The van der Waals surface area contributed by atoms with E-state index in [1.54, 1.807) is 53.4 Å². The molecule has 0 aliphatic carbocycles. The summed E-state index contributed by atoms with van der Waals surface area (Å²) in [7, 11) is 1.54. The average Bonchev–Trinajstić information content (AvgIpc) is 2.86. The third kappa shape index (κ3) is 6.73. The number of carbonyl (C=O) groups excluding carboxylic acids is 3. The molecule has 2 aromatic carbocycles. The number of halogens is 1. The Morgan fingerprint density at radius 2 is 1.74 bits per heavy atom. The van der Waals surface area contributed by atoms with Gasteiger partial charge in [-0.3, -0.25) is 14.4 Å². The summed E-state index contributed by atoms with van der Waals surface area (Å²) in [5, 5.41) is 6.47. The van der Waals surface area contributed by atoms with E-state index in [4.69, 9.17) is 16.3 Å². The topological polar surface area (TPSA) is 87.7 Å². The summed E-state index contributed by atoms with van der Waals surface area (Å²) >= 11 is 5.93. The molecule has 182 valence electrons. The molecule has 1 fully saturated rings. The number of nitrogens with one attached hydrogen (secondary N) is 2. The van der Waals surface area contributed by atoms with Crippen LogP contribution in [0.4, 0.5) is 0 Å². The van der Waals surface area contributed by atoms with E-state index in [-0.39, 0.29) is 29.6 Å². The molecule has 0 radical (unpaired) electrons. The molecule has 2 aromatic rings. The van der Waals surface area contributed by atoms with E-state index in [2.05, 4.69) is 10.6 Å². The maximum Gasteiger partial charge on any atom is 0.253 e. The molecule has 0 bridgehead atoms. The van der Waals surface area contributed by atoms with E-state index in [0.717, 1.165) is 0 Å². The summed E-state index contributed by atoms with van der Waals surface area (Å²) < 4.78 is 5.21. The number of rotatable bonds is 8. The molecule has 3 rings (SSSR count). The second-order valence-corrected chi connectivity index (χ2v) is 9.40. The van der Waals surface area contributed by atoms with Gasteiger partial charge in [0.25, 0.3) is 11.8 Å². The Morgan fingerprint density at radius 3 is 2.35 bits per heavy atom. The summed E-state index contributed by atoms with van der Waals surface area (Å²) in [6.45, 7) is 5.58. The van der Waals surface area contributed by atoms with Crippen LogP contribution in [-0.2, 0) is 4.79 Å². The molecule has 34 heavy (non-hydrogen) atoms. The molecule has 1 aliphatic heterocycles. The highest BCUT2D eigenvalue weighted by atomic mass is 35.5. The average molecular weight is 486 g/mol. The van der Waals surface area contributed by atoms with Crippen molar-refractivity contribution in [1.82, 2.24) is 15.5 Å². The van der Waals surface area contributed by atoms with E-state index in [1.165, 1.54) is 7.11 Å². The SMILES string of the molecule is COc1cccc(C(=O)N[C@@H](C(=O)NCC(C)C)C2CCN(C(=O)c3ccc(Cl)cc3)CC2)c1. The van der Waals surface area contributed by atoms with E-state index in [9.17, 15) is 14.4 Å². The van der Waals surface area contributed by atoms with Crippen LogP contribution in [-0.4, -0.2) is 55.4 Å². The Hall–Kier alpha value is -3.06. The van der Waals surface area contributed by atoms with Crippen LogP contribution in [0.3, 0.4) is 0 Å². The molecule has 1 heterocycles. The van der Waals surface area contributed by atoms with E-state index < -0.39 is 6.04 Å². The van der Waals surface area contributed by atoms with Crippen LogP contribution < -0.4 is 15.4 Å². The van der Waals surface area contributed by atoms with Gasteiger partial charge >= 0.3 is 0 Å². The van der Waals surface area contributed by atoms with Gasteiger partial charge in [0.1, 0.15) is 11.8 Å². The van der Waals surface area contributed by atoms with Crippen LogP contribution in [0.2, 0.25) is 5.02 Å². The number of ether oxygens (including phenoxy) is 1. The second kappa shape index (κ2) is 11.9. The molecular weight excluding hydrogens is 454 g/mol. The van der Waals surface area contributed by atoms with Crippen LogP contribution in [0, 0.1) is 11.8 Å². The van der Waals surface area contributed by atoms with Crippen LogP contribution in [0.25, 0.3) is 0 Å². The first kappa shape index (κ1) is 25.6. The third-order valence-corrected chi connectivity index (χ3v) is 6.23. The number of piperidine rings is 1. The van der Waals surface area contributed by atoms with Gasteiger partial charge in [0.2, 0.25) is 5.91 Å². The van der Waals surface area contributed by atoms with Crippen LogP contribution in [0.1, 0.15) is 47.4 Å². The Balaban J connectivity index is 1.69. The third-order valence-electron chi connectivity index (χ3n) is 5.97. The molecule has 0 aromatic heterocycles. The van der Waals surface area contributed by atoms with Crippen molar-refractivity contribution in [2.45, 2.75) is 32.7 Å². The summed E-state index contributed by atoms with van der Waals surface area (Å²) in [5.74, 6) is 0.183. The van der Waals surface area contributed by atoms with E-state index in [0.29, 0.717) is 54.4 Å². The van der Waals surface area contributed by atoms with Gasteiger partial charge in [-0.25, -0.2) is 0 Å². The zero-order valence-corrected chi connectivity index (χ0v) is 20.6. The quantitative estimate of drug-likeness (QED) is 0.595. The molecule has 1 atom stereocenters. The van der Waals surface area contributed by atoms with Crippen molar-refractivity contribution in [3.63, 3.8) is 0 Å². The number of hydrogen-bond donors (Lipinski definition) is 2. The minimum atomic E-state index is -0.690. The first-order valence-corrected chi connectivity index (χ1v) is 11.9. The van der Waals surface area contributed by atoms with Gasteiger partial charge < -0.3 is 20.3 Å².